The molecule has 104 valence electrons. The molecule has 0 radical (unpaired) electrons. The van der Waals surface area contributed by atoms with Gasteiger partial charge in [-0.05, 0) is 31.4 Å². The third kappa shape index (κ3) is 5.62. The molecule has 0 aromatic carbocycles. The van der Waals surface area contributed by atoms with Crippen molar-refractivity contribution in [1.29, 1.82) is 0 Å². The fourth-order valence-corrected chi connectivity index (χ4v) is 2.96. The molecule has 6 heteroatoms. The summed E-state index contributed by atoms with van der Waals surface area (Å²) in [6.07, 6.45) is 5.39. The zero-order valence-electron chi connectivity index (χ0n) is 10.9. The van der Waals surface area contributed by atoms with E-state index in [4.69, 9.17) is 5.11 Å². The fraction of sp³-hybridized carbons (Fsp3) is 0.833. The third-order valence-corrected chi connectivity index (χ3v) is 4.28. The maximum Gasteiger partial charge on any atom is 0.315 e. The average molecular weight is 274 g/mol. The largest absolute Gasteiger partial charge is 0.481 e. The van der Waals surface area contributed by atoms with Crippen LogP contribution in [0.25, 0.3) is 0 Å². The molecule has 3 N–H and O–H groups in total. The van der Waals surface area contributed by atoms with E-state index in [1.807, 2.05) is 18.7 Å². The van der Waals surface area contributed by atoms with E-state index in [9.17, 15) is 9.59 Å². The highest BCUT2D eigenvalue weighted by molar-refractivity contribution is 7.99. The van der Waals surface area contributed by atoms with Gasteiger partial charge in [0.1, 0.15) is 0 Å². The smallest absolute Gasteiger partial charge is 0.315 e. The van der Waals surface area contributed by atoms with Crippen molar-refractivity contribution >= 4 is 23.8 Å². The van der Waals surface area contributed by atoms with Gasteiger partial charge >= 0.3 is 12.0 Å². The van der Waals surface area contributed by atoms with E-state index < -0.39 is 5.97 Å². The Morgan fingerprint density at radius 3 is 2.72 bits per heavy atom. The molecule has 1 aliphatic rings. The number of nitrogens with one attached hydrogen (secondary N) is 2. The van der Waals surface area contributed by atoms with Crippen LogP contribution in [0.15, 0.2) is 0 Å². The van der Waals surface area contributed by atoms with Crippen LogP contribution >= 0.6 is 11.8 Å². The highest BCUT2D eigenvalue weighted by Crippen LogP contribution is 2.27. The lowest BCUT2D eigenvalue weighted by atomic mass is 10.1. The molecule has 0 aliphatic heterocycles. The van der Waals surface area contributed by atoms with Crippen molar-refractivity contribution < 1.29 is 14.7 Å². The molecule has 0 aromatic rings. The first-order chi connectivity index (χ1) is 8.51. The van der Waals surface area contributed by atoms with Crippen LogP contribution in [-0.4, -0.2) is 41.2 Å². The molecule has 0 spiro atoms. The van der Waals surface area contributed by atoms with Gasteiger partial charge in [-0.25, -0.2) is 4.79 Å². The monoisotopic (exact) mass is 274 g/mol. The molecule has 3 unspecified atom stereocenters. The van der Waals surface area contributed by atoms with Crippen LogP contribution < -0.4 is 10.6 Å². The number of aliphatic carboxylic acids is 1. The number of carbonyl (C=O) groups is 2. The van der Waals surface area contributed by atoms with Gasteiger partial charge in [0.2, 0.25) is 0 Å². The highest BCUT2D eigenvalue weighted by atomic mass is 32.2. The van der Waals surface area contributed by atoms with Crippen LogP contribution in [0.3, 0.4) is 0 Å². The summed E-state index contributed by atoms with van der Waals surface area (Å²) in [7, 11) is 0. The zero-order valence-corrected chi connectivity index (χ0v) is 11.8. The molecule has 1 fully saturated rings. The number of amides is 2. The Labute approximate surface area is 112 Å². The topological polar surface area (TPSA) is 78.4 Å². The molecular weight excluding hydrogens is 252 g/mol. The number of hydrogen-bond acceptors (Lipinski definition) is 3. The number of hydrogen-bond donors (Lipinski definition) is 3. The zero-order chi connectivity index (χ0) is 13.5. The number of carboxylic acids is 1. The fourth-order valence-electron chi connectivity index (χ4n) is 2.16. The Kier molecular flexibility index (Phi) is 6.32. The van der Waals surface area contributed by atoms with Crippen molar-refractivity contribution in [3.05, 3.63) is 0 Å². The molecule has 5 nitrogen and oxygen atoms in total. The minimum atomic E-state index is -0.830. The van der Waals surface area contributed by atoms with Gasteiger partial charge in [-0.15, -0.1) is 0 Å². The van der Waals surface area contributed by atoms with Gasteiger partial charge in [-0.3, -0.25) is 4.79 Å². The number of thioether (sulfide) groups is 1. The van der Waals surface area contributed by atoms with Crippen LogP contribution in [0, 0.1) is 5.92 Å². The lowest BCUT2D eigenvalue weighted by molar-refractivity contribution is -0.137. The number of carbonyl (C=O) groups excluding carboxylic acids is 1. The predicted octanol–water partition coefficient (Wildman–Crippen LogP) is 1.68. The first-order valence-corrected chi connectivity index (χ1v) is 7.59. The Bertz CT molecular complexity index is 299. The first-order valence-electron chi connectivity index (χ1n) is 6.30. The van der Waals surface area contributed by atoms with Crippen LogP contribution in [-0.2, 0) is 4.79 Å². The van der Waals surface area contributed by atoms with E-state index >= 15 is 0 Å². The van der Waals surface area contributed by atoms with Crippen LogP contribution in [0.4, 0.5) is 4.79 Å². The summed E-state index contributed by atoms with van der Waals surface area (Å²) in [5.41, 5.74) is 0. The minimum absolute atomic E-state index is 0.0456. The molecule has 1 saturated carbocycles. The minimum Gasteiger partial charge on any atom is -0.481 e. The van der Waals surface area contributed by atoms with E-state index in [0.717, 1.165) is 19.3 Å². The average Bonchev–Trinajstić information content (AvgIpc) is 2.73. The normalized spacial score (nSPS) is 24.6. The van der Waals surface area contributed by atoms with Crippen LogP contribution in [0.1, 0.15) is 32.6 Å². The third-order valence-electron chi connectivity index (χ3n) is 3.19. The molecule has 0 saturated heterocycles. The molecule has 3 atom stereocenters. The van der Waals surface area contributed by atoms with Gasteiger partial charge in [0, 0.05) is 24.3 Å². The molecular formula is C12H22N2O3S. The van der Waals surface area contributed by atoms with Gasteiger partial charge in [0.25, 0.3) is 0 Å². The van der Waals surface area contributed by atoms with Gasteiger partial charge in [0.05, 0.1) is 0 Å². The van der Waals surface area contributed by atoms with Crippen molar-refractivity contribution in [2.75, 3.05) is 12.8 Å². The number of urea groups is 1. The van der Waals surface area contributed by atoms with Crippen molar-refractivity contribution in [3.63, 3.8) is 0 Å². The standard InChI is InChI=1S/C12H22N2O3S/c1-8(5-11(15)16)7-13-12(17)14-9-3-4-10(6-9)18-2/h8-10H,3-7H2,1-2H3,(H,15,16)(H2,13,14,17). The van der Waals surface area contributed by atoms with Gasteiger partial charge in [-0.2, -0.15) is 11.8 Å². The van der Waals surface area contributed by atoms with E-state index in [-0.39, 0.29) is 24.4 Å². The predicted molar refractivity (Wildman–Crippen MR) is 72.9 cm³/mol. The molecule has 1 rings (SSSR count). The van der Waals surface area contributed by atoms with Gasteiger partial charge in [0.15, 0.2) is 0 Å². The van der Waals surface area contributed by atoms with E-state index in [2.05, 4.69) is 16.9 Å². The summed E-state index contributed by atoms with van der Waals surface area (Å²) in [5.74, 6) is -0.876. The quantitative estimate of drug-likeness (QED) is 0.688. The van der Waals surface area contributed by atoms with Crippen molar-refractivity contribution in [3.8, 4) is 0 Å². The summed E-state index contributed by atoms with van der Waals surface area (Å²) in [6, 6.07) is 0.0798. The molecule has 0 bridgehead atoms. The Morgan fingerprint density at radius 2 is 2.17 bits per heavy atom. The number of rotatable bonds is 6. The Balaban J connectivity index is 2.16. The van der Waals surface area contributed by atoms with Gasteiger partial charge in [-0.1, -0.05) is 6.92 Å². The molecule has 0 heterocycles. The summed E-state index contributed by atoms with van der Waals surface area (Å²) in [4.78, 5) is 22.1. The Hall–Kier alpha value is -0.910. The van der Waals surface area contributed by atoms with Crippen molar-refractivity contribution in [1.82, 2.24) is 10.6 Å². The lowest BCUT2D eigenvalue weighted by Crippen LogP contribution is -2.42. The highest BCUT2D eigenvalue weighted by Gasteiger charge is 2.25. The SMILES string of the molecule is CSC1CCC(NC(=O)NCC(C)CC(=O)O)C1. The lowest BCUT2D eigenvalue weighted by Gasteiger charge is -2.15. The summed E-state index contributed by atoms with van der Waals surface area (Å²) in [5, 5.41) is 14.9. The summed E-state index contributed by atoms with van der Waals surface area (Å²) in [6.45, 7) is 2.21. The van der Waals surface area contributed by atoms with Crippen molar-refractivity contribution in [2.24, 2.45) is 5.92 Å². The number of carboxylic acid groups (broad SMARTS) is 1. The molecule has 18 heavy (non-hydrogen) atoms. The van der Waals surface area contributed by atoms with E-state index in [1.54, 1.807) is 0 Å². The van der Waals surface area contributed by atoms with E-state index in [1.165, 1.54) is 0 Å². The second-order valence-corrected chi connectivity index (χ2v) is 6.06. The second kappa shape index (κ2) is 7.51. The van der Waals surface area contributed by atoms with Crippen LogP contribution in [0.5, 0.6) is 0 Å². The maximum absolute atomic E-state index is 11.6. The Morgan fingerprint density at radius 1 is 1.44 bits per heavy atom. The summed E-state index contributed by atoms with van der Waals surface area (Å²) >= 11 is 1.85. The summed E-state index contributed by atoms with van der Waals surface area (Å²) < 4.78 is 0. The van der Waals surface area contributed by atoms with Crippen LogP contribution in [0.2, 0.25) is 0 Å². The van der Waals surface area contributed by atoms with E-state index in [0.29, 0.717) is 11.8 Å². The molecule has 2 amide bonds. The molecule has 1 aliphatic carbocycles. The first kappa shape index (κ1) is 15.1. The van der Waals surface area contributed by atoms with Gasteiger partial charge < -0.3 is 15.7 Å². The molecule has 0 aromatic heterocycles. The maximum atomic E-state index is 11.6. The second-order valence-electron chi connectivity index (χ2n) is 4.93. The van der Waals surface area contributed by atoms with Crippen molar-refractivity contribution in [2.45, 2.75) is 43.9 Å².